The predicted octanol–water partition coefficient (Wildman–Crippen LogP) is 4.85. The summed E-state index contributed by atoms with van der Waals surface area (Å²) in [6.45, 7) is 6.94. The number of anilines is 1. The van der Waals surface area contributed by atoms with Crippen molar-refractivity contribution in [3.8, 4) is 5.75 Å². The summed E-state index contributed by atoms with van der Waals surface area (Å²) in [5.41, 5.74) is 2.60. The van der Waals surface area contributed by atoms with Gasteiger partial charge in [0.15, 0.2) is 0 Å². The van der Waals surface area contributed by atoms with E-state index in [1.807, 2.05) is 36.4 Å². The Bertz CT molecular complexity index is 635. The highest BCUT2D eigenvalue weighted by Crippen LogP contribution is 2.24. The summed E-state index contributed by atoms with van der Waals surface area (Å²) in [5.74, 6) is 0.970. The second-order valence-electron chi connectivity index (χ2n) is 5.57. The molecule has 0 fully saturated rings. The van der Waals surface area contributed by atoms with Crippen LogP contribution >= 0.6 is 0 Å². The molecule has 2 aromatic carbocycles. The number of amides is 1. The van der Waals surface area contributed by atoms with Crippen LogP contribution in [0.4, 0.5) is 5.69 Å². The summed E-state index contributed by atoms with van der Waals surface area (Å²) in [6, 6.07) is 15.2. The molecule has 0 spiro atoms. The van der Waals surface area contributed by atoms with Crippen molar-refractivity contribution in [3.05, 3.63) is 59.7 Å². The lowest BCUT2D eigenvalue weighted by atomic mass is 10.0. The van der Waals surface area contributed by atoms with Crippen LogP contribution in [0.15, 0.2) is 48.5 Å². The van der Waals surface area contributed by atoms with Crippen molar-refractivity contribution in [1.82, 2.24) is 0 Å². The SMILES string of the molecule is CCCOc1cccc(C(=O)Nc2ccccc2C(C)C)c1. The molecule has 0 radical (unpaired) electrons. The van der Waals surface area contributed by atoms with E-state index in [0.29, 0.717) is 18.1 Å². The van der Waals surface area contributed by atoms with Crippen molar-refractivity contribution >= 4 is 11.6 Å². The van der Waals surface area contributed by atoms with Gasteiger partial charge in [-0.1, -0.05) is 45.0 Å². The highest BCUT2D eigenvalue weighted by atomic mass is 16.5. The standard InChI is InChI=1S/C19H23NO2/c1-4-12-22-16-9-7-8-15(13-16)19(21)20-18-11-6-5-10-17(18)14(2)3/h5-11,13-14H,4,12H2,1-3H3,(H,20,21). The number of carbonyl (C=O) groups is 1. The highest BCUT2D eigenvalue weighted by molar-refractivity contribution is 6.04. The molecule has 0 aliphatic carbocycles. The van der Waals surface area contributed by atoms with Crippen LogP contribution in [0.1, 0.15) is 49.0 Å². The first-order chi connectivity index (χ1) is 10.6. The second-order valence-corrected chi connectivity index (χ2v) is 5.57. The van der Waals surface area contributed by atoms with Crippen molar-refractivity contribution < 1.29 is 9.53 Å². The molecule has 0 heterocycles. The van der Waals surface area contributed by atoms with Crippen molar-refractivity contribution in [2.45, 2.75) is 33.1 Å². The van der Waals surface area contributed by atoms with E-state index in [2.05, 4.69) is 26.1 Å². The van der Waals surface area contributed by atoms with Crippen LogP contribution in [-0.2, 0) is 0 Å². The number of carbonyl (C=O) groups excluding carboxylic acids is 1. The van der Waals surface area contributed by atoms with Gasteiger partial charge in [-0.15, -0.1) is 0 Å². The number of hydrogen-bond donors (Lipinski definition) is 1. The molecule has 1 amide bonds. The second kappa shape index (κ2) is 7.64. The van der Waals surface area contributed by atoms with Gasteiger partial charge in [0.05, 0.1) is 6.61 Å². The minimum atomic E-state index is -0.116. The number of benzene rings is 2. The number of para-hydroxylation sites is 1. The Labute approximate surface area is 132 Å². The predicted molar refractivity (Wildman–Crippen MR) is 90.7 cm³/mol. The van der Waals surface area contributed by atoms with Gasteiger partial charge in [-0.05, 0) is 42.2 Å². The van der Waals surface area contributed by atoms with Crippen LogP contribution in [0.25, 0.3) is 0 Å². The Kier molecular flexibility index (Phi) is 5.59. The summed E-state index contributed by atoms with van der Waals surface area (Å²) in [7, 11) is 0. The first kappa shape index (κ1) is 16.1. The molecule has 0 aliphatic rings. The molecular formula is C19H23NO2. The fourth-order valence-corrected chi connectivity index (χ4v) is 2.26. The van der Waals surface area contributed by atoms with Crippen molar-refractivity contribution in [2.24, 2.45) is 0 Å². The van der Waals surface area contributed by atoms with Crippen LogP contribution in [0, 0.1) is 0 Å². The minimum Gasteiger partial charge on any atom is -0.494 e. The van der Waals surface area contributed by atoms with E-state index in [4.69, 9.17) is 4.74 Å². The van der Waals surface area contributed by atoms with Gasteiger partial charge < -0.3 is 10.1 Å². The van der Waals surface area contributed by atoms with E-state index in [1.54, 1.807) is 12.1 Å². The van der Waals surface area contributed by atoms with Gasteiger partial charge in [0.25, 0.3) is 5.91 Å². The van der Waals surface area contributed by atoms with E-state index in [0.717, 1.165) is 23.4 Å². The first-order valence-corrected chi connectivity index (χ1v) is 7.75. The van der Waals surface area contributed by atoms with E-state index < -0.39 is 0 Å². The van der Waals surface area contributed by atoms with Gasteiger partial charge >= 0.3 is 0 Å². The summed E-state index contributed by atoms with van der Waals surface area (Å²) in [5, 5.41) is 3.00. The summed E-state index contributed by atoms with van der Waals surface area (Å²) in [4.78, 5) is 12.4. The molecule has 2 aromatic rings. The Balaban J connectivity index is 2.16. The Hall–Kier alpha value is -2.29. The molecule has 0 saturated heterocycles. The normalized spacial score (nSPS) is 10.5. The molecule has 0 unspecified atom stereocenters. The zero-order valence-electron chi connectivity index (χ0n) is 13.4. The molecule has 0 bridgehead atoms. The lowest BCUT2D eigenvalue weighted by Gasteiger charge is -2.14. The van der Waals surface area contributed by atoms with Crippen LogP contribution in [-0.4, -0.2) is 12.5 Å². The third-order valence-electron chi connectivity index (χ3n) is 3.40. The van der Waals surface area contributed by atoms with Gasteiger partial charge in [0.2, 0.25) is 0 Å². The number of nitrogens with one attached hydrogen (secondary N) is 1. The summed E-state index contributed by atoms with van der Waals surface area (Å²) >= 11 is 0. The smallest absolute Gasteiger partial charge is 0.255 e. The summed E-state index contributed by atoms with van der Waals surface area (Å²) in [6.07, 6.45) is 0.943. The maximum absolute atomic E-state index is 12.4. The Morgan fingerprint density at radius 1 is 1.14 bits per heavy atom. The molecule has 0 atom stereocenters. The topological polar surface area (TPSA) is 38.3 Å². The van der Waals surface area contributed by atoms with Crippen molar-refractivity contribution in [2.75, 3.05) is 11.9 Å². The third-order valence-corrected chi connectivity index (χ3v) is 3.40. The maximum atomic E-state index is 12.4. The molecule has 3 nitrogen and oxygen atoms in total. The monoisotopic (exact) mass is 297 g/mol. The van der Waals surface area contributed by atoms with Gasteiger partial charge in [-0.25, -0.2) is 0 Å². The van der Waals surface area contributed by atoms with Crippen molar-refractivity contribution in [3.63, 3.8) is 0 Å². The molecule has 0 aromatic heterocycles. The van der Waals surface area contributed by atoms with Crippen molar-refractivity contribution in [1.29, 1.82) is 0 Å². The van der Waals surface area contributed by atoms with Crippen LogP contribution in [0.2, 0.25) is 0 Å². The van der Waals surface area contributed by atoms with Crippen LogP contribution < -0.4 is 10.1 Å². The molecular weight excluding hydrogens is 274 g/mol. The first-order valence-electron chi connectivity index (χ1n) is 7.75. The molecule has 0 saturated carbocycles. The molecule has 1 N–H and O–H groups in total. The largest absolute Gasteiger partial charge is 0.494 e. The van der Waals surface area contributed by atoms with Gasteiger partial charge in [0.1, 0.15) is 5.75 Å². The van der Waals surface area contributed by atoms with Gasteiger partial charge in [0, 0.05) is 11.3 Å². The van der Waals surface area contributed by atoms with E-state index in [1.165, 1.54) is 0 Å². The number of rotatable bonds is 6. The number of ether oxygens (including phenoxy) is 1. The molecule has 116 valence electrons. The van der Waals surface area contributed by atoms with Gasteiger partial charge in [-0.3, -0.25) is 4.79 Å². The average Bonchev–Trinajstić information content (AvgIpc) is 2.53. The molecule has 3 heteroatoms. The lowest BCUT2D eigenvalue weighted by Crippen LogP contribution is -2.13. The zero-order chi connectivity index (χ0) is 15.9. The average molecular weight is 297 g/mol. The minimum absolute atomic E-state index is 0.116. The molecule has 2 rings (SSSR count). The summed E-state index contributed by atoms with van der Waals surface area (Å²) < 4.78 is 5.58. The molecule has 0 aliphatic heterocycles. The van der Waals surface area contributed by atoms with Gasteiger partial charge in [-0.2, -0.15) is 0 Å². The maximum Gasteiger partial charge on any atom is 0.255 e. The fraction of sp³-hybridized carbons (Fsp3) is 0.316. The van der Waals surface area contributed by atoms with Crippen LogP contribution in [0.5, 0.6) is 5.75 Å². The Morgan fingerprint density at radius 2 is 1.91 bits per heavy atom. The quantitative estimate of drug-likeness (QED) is 0.827. The number of hydrogen-bond acceptors (Lipinski definition) is 2. The third kappa shape index (κ3) is 4.10. The van der Waals surface area contributed by atoms with Crippen LogP contribution in [0.3, 0.4) is 0 Å². The lowest BCUT2D eigenvalue weighted by molar-refractivity contribution is 0.102. The van der Waals surface area contributed by atoms with E-state index in [-0.39, 0.29) is 5.91 Å². The van der Waals surface area contributed by atoms with E-state index in [9.17, 15) is 4.79 Å². The highest BCUT2D eigenvalue weighted by Gasteiger charge is 2.11. The molecule has 22 heavy (non-hydrogen) atoms. The zero-order valence-corrected chi connectivity index (χ0v) is 13.4. The Morgan fingerprint density at radius 3 is 2.64 bits per heavy atom. The fourth-order valence-electron chi connectivity index (χ4n) is 2.26. The van der Waals surface area contributed by atoms with E-state index >= 15 is 0 Å².